The van der Waals surface area contributed by atoms with Gasteiger partial charge in [0.1, 0.15) is 29.1 Å². The molecular formula is C19H25BrFN3O2SSi. The van der Waals surface area contributed by atoms with E-state index in [4.69, 9.17) is 10.5 Å². The summed E-state index contributed by atoms with van der Waals surface area (Å²) in [4.78, 5) is 4.61. The third-order valence-corrected chi connectivity index (χ3v) is 7.80. The highest BCUT2D eigenvalue weighted by atomic mass is 79.9. The summed E-state index contributed by atoms with van der Waals surface area (Å²) in [5.41, 5.74) is 7.08. The van der Waals surface area contributed by atoms with E-state index in [0.29, 0.717) is 27.4 Å². The van der Waals surface area contributed by atoms with Crippen LogP contribution in [0.5, 0.6) is 0 Å². The van der Waals surface area contributed by atoms with Crippen LogP contribution < -0.4 is 5.73 Å². The molecule has 28 heavy (non-hydrogen) atoms. The molecule has 9 heteroatoms. The minimum Gasteiger partial charge on any atom is -0.385 e. The Morgan fingerprint density at radius 3 is 2.82 bits per heavy atom. The van der Waals surface area contributed by atoms with Gasteiger partial charge in [0.2, 0.25) is 0 Å². The van der Waals surface area contributed by atoms with Crippen LogP contribution in [0.25, 0.3) is 21.5 Å². The predicted octanol–water partition coefficient (Wildman–Crippen LogP) is 4.97. The quantitative estimate of drug-likeness (QED) is 0.348. The number of fused-ring (bicyclic) bond motifs is 1. The number of imidazole rings is 1. The van der Waals surface area contributed by atoms with Gasteiger partial charge in [-0.2, -0.15) is 0 Å². The van der Waals surface area contributed by atoms with E-state index in [1.165, 1.54) is 17.4 Å². The van der Waals surface area contributed by atoms with E-state index in [0.717, 1.165) is 17.0 Å². The smallest absolute Gasteiger partial charge is 0.145 e. The molecule has 0 aliphatic carbocycles. The van der Waals surface area contributed by atoms with Crippen LogP contribution in [0, 0.1) is 5.82 Å². The molecule has 3 rings (SSSR count). The number of benzene rings is 1. The van der Waals surface area contributed by atoms with Crippen LogP contribution in [0.3, 0.4) is 0 Å². The van der Waals surface area contributed by atoms with E-state index < -0.39 is 14.2 Å². The van der Waals surface area contributed by atoms with Gasteiger partial charge in [0.15, 0.2) is 0 Å². The Hall–Kier alpha value is -1.10. The maximum absolute atomic E-state index is 14.1. The fourth-order valence-electron chi connectivity index (χ4n) is 2.93. The fourth-order valence-corrected chi connectivity index (χ4v) is 5.29. The SMILES string of the molecule is C[Si](C)(C)CCOCn1c(-c2csc3c(F)cccc23)nc(Br)c1C(O)CN. The molecule has 0 saturated carbocycles. The first-order chi connectivity index (χ1) is 13.2. The lowest BCUT2D eigenvalue weighted by molar-refractivity contribution is 0.0781. The number of aliphatic hydroxyl groups is 1. The number of thiophene rings is 1. The average molecular weight is 486 g/mol. The van der Waals surface area contributed by atoms with Gasteiger partial charge in [-0.3, -0.25) is 0 Å². The molecule has 0 bridgehead atoms. The molecule has 0 saturated heterocycles. The monoisotopic (exact) mass is 485 g/mol. The molecule has 0 aliphatic rings. The molecule has 1 unspecified atom stereocenters. The summed E-state index contributed by atoms with van der Waals surface area (Å²) in [5.74, 6) is 0.374. The maximum atomic E-state index is 14.1. The first kappa shape index (κ1) is 21.6. The molecule has 1 aromatic carbocycles. The minimum absolute atomic E-state index is 0.0671. The number of ether oxygens (including phenoxy) is 1. The van der Waals surface area contributed by atoms with Crippen molar-refractivity contribution in [3.05, 3.63) is 39.7 Å². The molecule has 2 aromatic heterocycles. The second-order valence-corrected chi connectivity index (χ2v) is 15.2. The number of aliphatic hydroxyl groups excluding tert-OH is 1. The fraction of sp³-hybridized carbons (Fsp3) is 0.421. The summed E-state index contributed by atoms with van der Waals surface area (Å²) in [5, 5.41) is 13.1. The van der Waals surface area contributed by atoms with Crippen LogP contribution in [-0.2, 0) is 11.5 Å². The Morgan fingerprint density at radius 1 is 1.39 bits per heavy atom. The van der Waals surface area contributed by atoms with E-state index in [-0.39, 0.29) is 19.1 Å². The summed E-state index contributed by atoms with van der Waals surface area (Å²) in [7, 11) is -1.21. The van der Waals surface area contributed by atoms with Crippen molar-refractivity contribution in [1.82, 2.24) is 9.55 Å². The number of aromatic nitrogens is 2. The van der Waals surface area contributed by atoms with Gasteiger partial charge in [-0.25, -0.2) is 9.37 Å². The Bertz CT molecular complexity index is 970. The molecule has 0 radical (unpaired) electrons. The van der Waals surface area contributed by atoms with Crippen molar-refractivity contribution in [2.45, 2.75) is 38.5 Å². The van der Waals surface area contributed by atoms with Crippen molar-refractivity contribution >= 4 is 45.4 Å². The standard InChI is InChI=1S/C19H25BrFN3O2SSi/c1-28(2,3)8-7-26-11-24-16(15(25)9-22)18(20)23-19(24)13-10-27-17-12(13)5-4-6-14(17)21/h4-6,10,15,25H,7-9,11,22H2,1-3H3. The van der Waals surface area contributed by atoms with Gasteiger partial charge >= 0.3 is 0 Å². The van der Waals surface area contributed by atoms with Crippen molar-refractivity contribution in [3.8, 4) is 11.4 Å². The number of nitrogens with zero attached hydrogens (tertiary/aromatic N) is 2. The Kier molecular flexibility index (Phi) is 6.73. The highest BCUT2D eigenvalue weighted by molar-refractivity contribution is 9.10. The van der Waals surface area contributed by atoms with Gasteiger partial charge in [-0.05, 0) is 28.0 Å². The summed E-state index contributed by atoms with van der Waals surface area (Å²) in [6.45, 7) is 7.85. The third-order valence-electron chi connectivity index (χ3n) is 4.51. The summed E-state index contributed by atoms with van der Waals surface area (Å²) < 4.78 is 23.0. The van der Waals surface area contributed by atoms with Crippen LogP contribution in [0.1, 0.15) is 11.8 Å². The molecule has 5 nitrogen and oxygen atoms in total. The molecule has 0 fully saturated rings. The Balaban J connectivity index is 2.01. The summed E-state index contributed by atoms with van der Waals surface area (Å²) in [6.07, 6.45) is -0.877. The summed E-state index contributed by atoms with van der Waals surface area (Å²) >= 11 is 4.79. The summed E-state index contributed by atoms with van der Waals surface area (Å²) in [6, 6.07) is 6.06. The van der Waals surface area contributed by atoms with Gasteiger partial charge in [0, 0.05) is 37.6 Å². The van der Waals surface area contributed by atoms with Crippen LogP contribution in [0.2, 0.25) is 25.7 Å². The average Bonchev–Trinajstić information content (AvgIpc) is 3.19. The van der Waals surface area contributed by atoms with Gasteiger partial charge in [0.05, 0.1) is 10.4 Å². The number of rotatable bonds is 8. The molecule has 0 spiro atoms. The van der Waals surface area contributed by atoms with Gasteiger partial charge in [-0.1, -0.05) is 31.8 Å². The largest absolute Gasteiger partial charge is 0.385 e. The Labute approximate surface area is 177 Å². The molecule has 152 valence electrons. The van der Waals surface area contributed by atoms with E-state index in [9.17, 15) is 9.50 Å². The van der Waals surface area contributed by atoms with E-state index in [1.54, 1.807) is 6.07 Å². The second-order valence-electron chi connectivity index (χ2n) is 7.90. The third kappa shape index (κ3) is 4.55. The van der Waals surface area contributed by atoms with E-state index >= 15 is 0 Å². The van der Waals surface area contributed by atoms with E-state index in [2.05, 4.69) is 40.6 Å². The molecule has 0 amide bonds. The molecular weight excluding hydrogens is 461 g/mol. The number of halogens is 2. The molecule has 0 aliphatic heterocycles. The highest BCUT2D eigenvalue weighted by Gasteiger charge is 2.24. The van der Waals surface area contributed by atoms with Crippen LogP contribution in [0.4, 0.5) is 4.39 Å². The maximum Gasteiger partial charge on any atom is 0.145 e. The van der Waals surface area contributed by atoms with Crippen LogP contribution in [0.15, 0.2) is 28.2 Å². The normalized spacial score (nSPS) is 13.4. The highest BCUT2D eigenvalue weighted by Crippen LogP contribution is 2.37. The zero-order chi connectivity index (χ0) is 20.5. The minimum atomic E-state index is -1.21. The predicted molar refractivity (Wildman–Crippen MR) is 119 cm³/mol. The first-order valence-corrected chi connectivity index (χ1v) is 14.5. The van der Waals surface area contributed by atoms with Crippen LogP contribution >= 0.6 is 27.3 Å². The number of hydrogen-bond donors (Lipinski definition) is 2. The first-order valence-electron chi connectivity index (χ1n) is 9.11. The molecule has 2 heterocycles. The van der Waals surface area contributed by atoms with Gasteiger partial charge < -0.3 is 20.1 Å². The lowest BCUT2D eigenvalue weighted by Gasteiger charge is -2.18. The van der Waals surface area contributed by atoms with Crippen molar-refractivity contribution in [2.24, 2.45) is 5.73 Å². The number of nitrogens with two attached hydrogens (primary N) is 1. The lowest BCUT2D eigenvalue weighted by Crippen LogP contribution is -2.23. The Morgan fingerprint density at radius 2 is 2.14 bits per heavy atom. The van der Waals surface area contributed by atoms with Crippen LogP contribution in [-0.4, -0.2) is 35.9 Å². The lowest BCUT2D eigenvalue weighted by atomic mass is 10.1. The zero-order valence-electron chi connectivity index (χ0n) is 16.2. The molecule has 1 atom stereocenters. The van der Waals surface area contributed by atoms with Gasteiger partial charge in [-0.15, -0.1) is 11.3 Å². The van der Waals surface area contributed by atoms with Crippen molar-refractivity contribution < 1.29 is 14.2 Å². The zero-order valence-corrected chi connectivity index (χ0v) is 19.6. The molecule has 3 N–H and O–H groups in total. The number of hydrogen-bond acceptors (Lipinski definition) is 5. The van der Waals surface area contributed by atoms with Crippen molar-refractivity contribution in [3.63, 3.8) is 0 Å². The molecule has 3 aromatic rings. The topological polar surface area (TPSA) is 73.3 Å². The van der Waals surface area contributed by atoms with Crippen molar-refractivity contribution in [1.29, 1.82) is 0 Å². The second kappa shape index (κ2) is 8.72. The van der Waals surface area contributed by atoms with Gasteiger partial charge in [0.25, 0.3) is 0 Å². The van der Waals surface area contributed by atoms with Crippen molar-refractivity contribution in [2.75, 3.05) is 13.2 Å². The van der Waals surface area contributed by atoms with E-state index in [1.807, 2.05) is 16.0 Å².